The van der Waals surface area contributed by atoms with E-state index in [0.29, 0.717) is 30.3 Å². The summed E-state index contributed by atoms with van der Waals surface area (Å²) in [6, 6.07) is 16.3. The third kappa shape index (κ3) is 3.78. The molecule has 5 heteroatoms. The van der Waals surface area contributed by atoms with Gasteiger partial charge in [-0.3, -0.25) is 0 Å². The molecule has 0 fully saturated rings. The number of hydrogen-bond acceptors (Lipinski definition) is 5. The van der Waals surface area contributed by atoms with E-state index in [2.05, 4.69) is 23.5 Å². The van der Waals surface area contributed by atoms with E-state index in [1.807, 2.05) is 30.3 Å². The first-order valence-electron chi connectivity index (χ1n) is 8.76. The Morgan fingerprint density at radius 1 is 0.667 bits per heavy atom. The fraction of sp³-hybridized carbons (Fsp3) is 0.273. The molecular weight excluding hydrogens is 342 g/mol. The summed E-state index contributed by atoms with van der Waals surface area (Å²) in [6.45, 7) is 1.29. The van der Waals surface area contributed by atoms with Gasteiger partial charge in [0.2, 0.25) is 5.75 Å². The Morgan fingerprint density at radius 2 is 1.37 bits per heavy atom. The van der Waals surface area contributed by atoms with Gasteiger partial charge in [-0.2, -0.15) is 0 Å². The maximum Gasteiger partial charge on any atom is 0.203 e. The zero-order valence-corrected chi connectivity index (χ0v) is 16.2. The summed E-state index contributed by atoms with van der Waals surface area (Å²) in [6.07, 6.45) is 0. The lowest BCUT2D eigenvalue weighted by Gasteiger charge is -2.17. The van der Waals surface area contributed by atoms with Crippen molar-refractivity contribution in [3.8, 4) is 23.0 Å². The van der Waals surface area contributed by atoms with E-state index in [9.17, 15) is 0 Å². The van der Waals surface area contributed by atoms with E-state index in [-0.39, 0.29) is 0 Å². The van der Waals surface area contributed by atoms with Crippen LogP contribution in [0.2, 0.25) is 0 Å². The van der Waals surface area contributed by atoms with Crippen molar-refractivity contribution in [1.82, 2.24) is 5.32 Å². The van der Waals surface area contributed by atoms with Crippen LogP contribution in [0.1, 0.15) is 11.1 Å². The van der Waals surface area contributed by atoms with Gasteiger partial charge >= 0.3 is 0 Å². The highest BCUT2D eigenvalue weighted by Crippen LogP contribution is 2.39. The molecule has 0 unspecified atom stereocenters. The number of hydrogen-bond donors (Lipinski definition) is 1. The minimum absolute atomic E-state index is 0.599. The quantitative estimate of drug-likeness (QED) is 0.648. The summed E-state index contributed by atoms with van der Waals surface area (Å²) in [7, 11) is 6.56. The molecule has 0 amide bonds. The van der Waals surface area contributed by atoms with Gasteiger partial charge in [0.05, 0.1) is 28.4 Å². The second kappa shape index (κ2) is 8.64. The normalized spacial score (nSPS) is 10.7. The van der Waals surface area contributed by atoms with E-state index in [4.69, 9.17) is 18.9 Å². The van der Waals surface area contributed by atoms with Gasteiger partial charge < -0.3 is 24.3 Å². The van der Waals surface area contributed by atoms with Crippen LogP contribution in [0.3, 0.4) is 0 Å². The Kier molecular flexibility index (Phi) is 6.04. The topological polar surface area (TPSA) is 49.0 Å². The van der Waals surface area contributed by atoms with Crippen LogP contribution < -0.4 is 24.3 Å². The first kappa shape index (κ1) is 18.9. The smallest absolute Gasteiger partial charge is 0.203 e. The lowest BCUT2D eigenvalue weighted by Crippen LogP contribution is -2.15. The third-order valence-electron chi connectivity index (χ3n) is 4.62. The molecule has 0 atom stereocenters. The van der Waals surface area contributed by atoms with Crippen LogP contribution in [0.5, 0.6) is 23.0 Å². The van der Waals surface area contributed by atoms with Gasteiger partial charge in [0.15, 0.2) is 11.5 Å². The molecule has 0 aliphatic heterocycles. The summed E-state index contributed by atoms with van der Waals surface area (Å²) in [4.78, 5) is 0. The van der Waals surface area contributed by atoms with Crippen LogP contribution in [0.4, 0.5) is 0 Å². The zero-order chi connectivity index (χ0) is 19.2. The molecule has 1 N–H and O–H groups in total. The van der Waals surface area contributed by atoms with Crippen LogP contribution in [0.25, 0.3) is 10.8 Å². The number of nitrogens with one attached hydrogen (secondary N) is 1. The van der Waals surface area contributed by atoms with Crippen molar-refractivity contribution in [3.05, 3.63) is 59.7 Å². The Labute approximate surface area is 159 Å². The summed E-state index contributed by atoms with van der Waals surface area (Å²) in [5.74, 6) is 2.80. The van der Waals surface area contributed by atoms with Crippen LogP contribution in [-0.4, -0.2) is 28.4 Å². The summed E-state index contributed by atoms with van der Waals surface area (Å²) in [5, 5.41) is 5.87. The third-order valence-corrected chi connectivity index (χ3v) is 4.62. The molecule has 5 nitrogen and oxygen atoms in total. The Hall–Kier alpha value is -2.92. The minimum Gasteiger partial charge on any atom is -0.496 e. The van der Waals surface area contributed by atoms with Gasteiger partial charge in [-0.1, -0.05) is 36.4 Å². The van der Waals surface area contributed by atoms with Gasteiger partial charge in [-0.15, -0.1) is 0 Å². The molecular formula is C22H25NO4. The second-order valence-corrected chi connectivity index (χ2v) is 6.06. The summed E-state index contributed by atoms with van der Waals surface area (Å²) < 4.78 is 21.9. The van der Waals surface area contributed by atoms with E-state index < -0.39 is 0 Å². The molecule has 3 aromatic carbocycles. The highest BCUT2D eigenvalue weighted by atomic mass is 16.5. The number of methoxy groups -OCH3 is 4. The molecule has 0 saturated carbocycles. The zero-order valence-electron chi connectivity index (χ0n) is 16.2. The second-order valence-electron chi connectivity index (χ2n) is 6.06. The van der Waals surface area contributed by atoms with Crippen LogP contribution in [0, 0.1) is 0 Å². The molecule has 3 rings (SSSR count). The number of ether oxygens (including phenoxy) is 4. The monoisotopic (exact) mass is 367 g/mol. The molecule has 142 valence electrons. The molecule has 0 heterocycles. The predicted octanol–water partition coefficient (Wildman–Crippen LogP) is 4.16. The van der Waals surface area contributed by atoms with Gasteiger partial charge in [-0.05, 0) is 22.9 Å². The first-order valence-corrected chi connectivity index (χ1v) is 8.76. The highest BCUT2D eigenvalue weighted by Gasteiger charge is 2.16. The minimum atomic E-state index is 0.599. The fourth-order valence-corrected chi connectivity index (χ4v) is 3.31. The lowest BCUT2D eigenvalue weighted by molar-refractivity contribution is 0.321. The van der Waals surface area contributed by atoms with Gasteiger partial charge in [0.25, 0.3) is 0 Å². The van der Waals surface area contributed by atoms with E-state index in [1.54, 1.807) is 28.4 Å². The van der Waals surface area contributed by atoms with Gasteiger partial charge in [0, 0.05) is 24.2 Å². The van der Waals surface area contributed by atoms with Crippen molar-refractivity contribution in [2.24, 2.45) is 0 Å². The lowest BCUT2D eigenvalue weighted by atomic mass is 10.0. The SMILES string of the molecule is COc1ccc(CNCc2c(OC)ccc3ccccc23)c(OC)c1OC. The van der Waals surface area contributed by atoms with Gasteiger partial charge in [-0.25, -0.2) is 0 Å². The van der Waals surface area contributed by atoms with Crippen molar-refractivity contribution in [2.45, 2.75) is 13.1 Å². The van der Waals surface area contributed by atoms with Crippen molar-refractivity contribution >= 4 is 10.8 Å². The maximum absolute atomic E-state index is 5.57. The number of fused-ring (bicyclic) bond motifs is 1. The van der Waals surface area contributed by atoms with Crippen molar-refractivity contribution in [1.29, 1.82) is 0 Å². The first-order chi connectivity index (χ1) is 13.2. The van der Waals surface area contributed by atoms with Crippen molar-refractivity contribution in [2.75, 3.05) is 28.4 Å². The maximum atomic E-state index is 5.57. The Bertz CT molecular complexity index is 924. The Balaban J connectivity index is 1.84. The fourth-order valence-electron chi connectivity index (χ4n) is 3.31. The molecule has 0 aromatic heterocycles. The van der Waals surface area contributed by atoms with Crippen molar-refractivity contribution in [3.63, 3.8) is 0 Å². The van der Waals surface area contributed by atoms with Crippen LogP contribution in [0.15, 0.2) is 48.5 Å². The predicted molar refractivity (Wildman–Crippen MR) is 107 cm³/mol. The van der Waals surface area contributed by atoms with Gasteiger partial charge in [0.1, 0.15) is 5.75 Å². The summed E-state index contributed by atoms with van der Waals surface area (Å²) in [5.41, 5.74) is 2.13. The molecule has 0 aliphatic carbocycles. The molecule has 0 bridgehead atoms. The van der Waals surface area contributed by atoms with Crippen molar-refractivity contribution < 1.29 is 18.9 Å². The van der Waals surface area contributed by atoms with Crippen LogP contribution in [-0.2, 0) is 13.1 Å². The Morgan fingerprint density at radius 3 is 2.07 bits per heavy atom. The largest absolute Gasteiger partial charge is 0.496 e. The van der Waals surface area contributed by atoms with E-state index in [0.717, 1.165) is 16.9 Å². The van der Waals surface area contributed by atoms with E-state index >= 15 is 0 Å². The molecule has 0 saturated heterocycles. The average Bonchev–Trinajstić information content (AvgIpc) is 2.73. The number of rotatable bonds is 8. The molecule has 0 aliphatic rings. The summed E-state index contributed by atoms with van der Waals surface area (Å²) >= 11 is 0. The molecule has 27 heavy (non-hydrogen) atoms. The molecule has 0 radical (unpaired) electrons. The highest BCUT2D eigenvalue weighted by molar-refractivity contribution is 5.87. The van der Waals surface area contributed by atoms with Crippen LogP contribution >= 0.6 is 0 Å². The molecule has 0 spiro atoms. The molecule has 3 aromatic rings. The van der Waals surface area contributed by atoms with E-state index in [1.165, 1.54) is 10.8 Å². The number of benzene rings is 3. The average molecular weight is 367 g/mol. The standard InChI is InChI=1S/C22H25NO4/c1-24-19-11-9-15-7-5-6-8-17(15)18(19)14-23-13-16-10-12-20(25-2)22(27-4)21(16)26-3/h5-12,23H,13-14H2,1-4H3.